The molecule has 0 aliphatic heterocycles. The van der Waals surface area contributed by atoms with Crippen molar-refractivity contribution in [3.05, 3.63) is 497 Å². The zero-order chi connectivity index (χ0) is 92.0. The van der Waals surface area contributed by atoms with Crippen molar-refractivity contribution in [2.24, 2.45) is 0 Å². The third-order valence-electron chi connectivity index (χ3n) is 28.4. The Kier molecular flexibility index (Phi) is 18.5. The first-order valence-electron chi connectivity index (χ1n) is 47.7. The molecule has 0 fully saturated rings. The quantitative estimate of drug-likeness (QED) is 0.129. The van der Waals surface area contributed by atoms with Crippen molar-refractivity contribution < 1.29 is 13.3 Å². The highest BCUT2D eigenvalue weighted by molar-refractivity contribution is 6.20. The number of fused-ring (bicyclic) bond motifs is 24. The van der Waals surface area contributed by atoms with Gasteiger partial charge in [-0.25, -0.2) is 4.98 Å². The Balaban J connectivity index is 0.000000103. The van der Waals surface area contributed by atoms with Crippen molar-refractivity contribution in [2.75, 3.05) is 0 Å². The van der Waals surface area contributed by atoms with E-state index in [1.165, 1.54) is 143 Å². The molecule has 0 spiro atoms. The molecule has 21 aromatic carbocycles. The van der Waals surface area contributed by atoms with Gasteiger partial charge in [0.2, 0.25) is 0 Å². The van der Waals surface area contributed by atoms with Crippen LogP contribution in [0.15, 0.2) is 511 Å². The van der Waals surface area contributed by atoms with Gasteiger partial charge in [0.15, 0.2) is 0 Å². The highest BCUT2D eigenvalue weighted by Gasteiger charge is 2.26. The van der Waals surface area contributed by atoms with Crippen LogP contribution in [0.2, 0.25) is 0 Å². The average Bonchev–Trinajstić information content (AvgIpc) is 1.57. The van der Waals surface area contributed by atoms with Crippen molar-refractivity contribution in [3.8, 4) is 95.5 Å². The van der Waals surface area contributed by atoms with Gasteiger partial charge in [-0.15, -0.1) is 0 Å². The van der Waals surface area contributed by atoms with Gasteiger partial charge in [0, 0.05) is 81.3 Å². The minimum Gasteiger partial charge on any atom is -0.456 e. The van der Waals surface area contributed by atoms with Crippen LogP contribution in [0, 0.1) is 0 Å². The molecule has 30 rings (SSSR count). The summed E-state index contributed by atoms with van der Waals surface area (Å²) in [5, 5.41) is 19.1. The Labute approximate surface area is 803 Å². The first-order chi connectivity index (χ1) is 69.4. The van der Waals surface area contributed by atoms with Gasteiger partial charge >= 0.3 is 0 Å². The number of hydrogen-bond donors (Lipinski definition) is 0. The van der Waals surface area contributed by atoms with E-state index >= 15 is 0 Å². The van der Waals surface area contributed by atoms with E-state index in [9.17, 15) is 0 Å². The molecule has 0 saturated carbocycles. The summed E-state index contributed by atoms with van der Waals surface area (Å²) in [7, 11) is 0. The molecule has 0 saturated heterocycles. The lowest BCUT2D eigenvalue weighted by Crippen LogP contribution is -1.98. The second kappa shape index (κ2) is 32.5. The van der Waals surface area contributed by atoms with E-state index in [4.69, 9.17) is 18.2 Å². The highest BCUT2D eigenvalue weighted by Crippen LogP contribution is 2.48. The lowest BCUT2D eigenvalue weighted by molar-refractivity contribution is 0.668. The van der Waals surface area contributed by atoms with E-state index < -0.39 is 0 Å². The molecule has 0 radical (unpaired) electrons. The lowest BCUT2D eigenvalue weighted by atomic mass is 9.93. The third kappa shape index (κ3) is 13.0. The SMILES string of the molecule is c1cc(-c2ccc3c(c2)c2ccccc2n3-c2cccc3oc4ccccc4c23)nc(-n2c3ccccc3c3ccccc32)c1.c1ccc(-c2cc(-c3ccc4c(c3)c3ccccc3n4-c3cccc4oc5ccccc5c34)cc(-n3c4ccccc4c4ccccc43)c2)cc1.c1ccc(-c2cc(-c3ccccc3)cc(-c3ccc4c(c3)c3ccccc3n4-c3cccc4oc5ccccc5c34)c2)cc1. The summed E-state index contributed by atoms with van der Waals surface area (Å²) < 4.78 is 30.7. The number of benzene rings is 21. The van der Waals surface area contributed by atoms with Gasteiger partial charge in [-0.2, -0.15) is 0 Å². The van der Waals surface area contributed by atoms with Crippen LogP contribution in [0.25, 0.3) is 270 Å². The number of nitrogens with zero attached hydrogens (tertiary/aromatic N) is 6. The lowest BCUT2D eigenvalue weighted by Gasteiger charge is -2.14. The maximum Gasteiger partial charge on any atom is 0.138 e. The molecule has 654 valence electrons. The van der Waals surface area contributed by atoms with Crippen LogP contribution in [0.1, 0.15) is 0 Å². The minimum absolute atomic E-state index is 0.891. The first kappa shape index (κ1) is 79.7. The summed E-state index contributed by atoms with van der Waals surface area (Å²) in [6.45, 7) is 0. The summed E-state index contributed by atoms with van der Waals surface area (Å²) in [6.07, 6.45) is 0. The summed E-state index contributed by atoms with van der Waals surface area (Å²) >= 11 is 0. The van der Waals surface area contributed by atoms with Crippen LogP contribution in [-0.2, 0) is 0 Å². The fourth-order valence-electron chi connectivity index (χ4n) is 22.2. The summed E-state index contributed by atoms with van der Waals surface area (Å²) in [4.78, 5) is 5.25. The molecule has 9 heteroatoms. The first-order valence-corrected chi connectivity index (χ1v) is 47.7. The van der Waals surface area contributed by atoms with E-state index in [0.29, 0.717) is 0 Å². The van der Waals surface area contributed by atoms with Gasteiger partial charge in [0.05, 0.1) is 94.1 Å². The maximum absolute atomic E-state index is 6.32. The molecular weight excluding hydrogens is 1710 g/mol. The Bertz CT molecular complexity index is 10100. The van der Waals surface area contributed by atoms with E-state index in [-0.39, 0.29) is 0 Å². The monoisotopic (exact) mass is 1790 g/mol. The molecule has 9 aromatic heterocycles. The molecule has 0 unspecified atom stereocenters. The molecule has 0 aliphatic rings. The maximum atomic E-state index is 6.32. The van der Waals surface area contributed by atoms with Crippen molar-refractivity contribution in [2.45, 2.75) is 0 Å². The Morgan fingerprint density at radius 1 is 0.143 bits per heavy atom. The average molecular weight is 1790 g/mol. The van der Waals surface area contributed by atoms with E-state index in [0.717, 1.165) is 128 Å². The molecule has 9 heterocycles. The van der Waals surface area contributed by atoms with Crippen molar-refractivity contribution in [1.29, 1.82) is 0 Å². The van der Waals surface area contributed by atoms with Gasteiger partial charge < -0.3 is 31.5 Å². The molecule has 0 aliphatic carbocycles. The molecule has 9 nitrogen and oxygen atoms in total. The van der Waals surface area contributed by atoms with Crippen LogP contribution < -0.4 is 0 Å². The fraction of sp³-hybridized carbons (Fsp3) is 0. The summed E-state index contributed by atoms with van der Waals surface area (Å²) in [6, 6.07) is 178. The number of aromatic nitrogens is 6. The third-order valence-corrected chi connectivity index (χ3v) is 28.4. The molecule has 0 atom stereocenters. The molecule has 0 N–H and O–H groups in total. The van der Waals surface area contributed by atoms with Gasteiger partial charge in [-0.3, -0.25) is 4.57 Å². The topological polar surface area (TPSA) is 77.0 Å². The van der Waals surface area contributed by atoms with Gasteiger partial charge in [-0.1, -0.05) is 315 Å². The summed E-state index contributed by atoms with van der Waals surface area (Å²) in [5.74, 6) is 0.908. The second-order valence-corrected chi connectivity index (χ2v) is 36.3. The van der Waals surface area contributed by atoms with Gasteiger partial charge in [0.25, 0.3) is 0 Å². The normalized spacial score (nSPS) is 11.9. The van der Waals surface area contributed by atoms with Crippen LogP contribution in [-0.4, -0.2) is 27.8 Å². The van der Waals surface area contributed by atoms with Crippen molar-refractivity contribution in [1.82, 2.24) is 27.8 Å². The number of furan rings is 3. The Morgan fingerprint density at radius 3 is 0.750 bits per heavy atom. The predicted octanol–water partition coefficient (Wildman–Crippen LogP) is 35.6. The number of pyridine rings is 1. The number of rotatable bonds is 11. The van der Waals surface area contributed by atoms with Crippen LogP contribution >= 0.6 is 0 Å². The van der Waals surface area contributed by atoms with E-state index in [1.54, 1.807) is 0 Å². The smallest absolute Gasteiger partial charge is 0.138 e. The Morgan fingerprint density at radius 2 is 0.393 bits per heavy atom. The van der Waals surface area contributed by atoms with E-state index in [2.05, 4.69) is 490 Å². The van der Waals surface area contributed by atoms with Crippen LogP contribution in [0.4, 0.5) is 0 Å². The highest BCUT2D eigenvalue weighted by atomic mass is 16.3. The van der Waals surface area contributed by atoms with E-state index in [1.807, 2.05) is 30.3 Å². The van der Waals surface area contributed by atoms with Crippen molar-refractivity contribution in [3.63, 3.8) is 0 Å². The molecule has 140 heavy (non-hydrogen) atoms. The zero-order valence-electron chi connectivity index (χ0n) is 75.8. The minimum atomic E-state index is 0.891. The number of hydrogen-bond acceptors (Lipinski definition) is 4. The zero-order valence-corrected chi connectivity index (χ0v) is 75.8. The fourth-order valence-corrected chi connectivity index (χ4v) is 22.2. The molecule has 0 amide bonds. The number of para-hydroxylation sites is 10. The van der Waals surface area contributed by atoms with Gasteiger partial charge in [-0.05, 0) is 238 Å². The largest absolute Gasteiger partial charge is 0.456 e. The molecular formula is C131H82N6O3. The molecule has 30 aromatic rings. The second-order valence-electron chi connectivity index (χ2n) is 36.3. The standard InChI is InChI=1S/C48H30N2O.C42H27NO.C41H25N3O/c1-2-13-31(14-3-1)33-27-34(29-35(28-33)49-41-19-8-4-15-36(41)37-16-5-9-20-42(37)49)32-25-26-44-40(30-32)38-17-6-10-21-43(38)50(44)45-22-12-24-47-48(45)39-18-7-11-23-46(39)51-47;1-3-12-28(13-4-1)31-24-32(29-14-5-2-6-15-29)26-33(25-31)30-22-23-38-36(27-30)34-16-7-9-18-37(34)43(38)39-19-11-21-41-42(39)35-17-8-10-20-40(35)44-41;1-6-17-34-27(11-1)28-12-2-7-18-35(28)44(34)40-22-9-15-32(42-40)26-23-24-36-31(25-26)29-13-3-5-16-33(29)43(36)37-19-10-21-39-41(37)30-14-4-8-20-38(30)45-39/h1-30H;1-27H;1-25H. The van der Waals surface area contributed by atoms with Crippen LogP contribution in [0.3, 0.4) is 0 Å². The van der Waals surface area contributed by atoms with Gasteiger partial charge in [0.1, 0.15) is 39.3 Å². The van der Waals surface area contributed by atoms with Crippen LogP contribution in [0.5, 0.6) is 0 Å². The Hall–Kier alpha value is -18.8. The summed E-state index contributed by atoms with van der Waals surface area (Å²) in [5.41, 5.74) is 35.6. The van der Waals surface area contributed by atoms with Crippen molar-refractivity contribution >= 4 is 175 Å². The predicted molar refractivity (Wildman–Crippen MR) is 583 cm³/mol. The molecule has 0 bridgehead atoms.